The van der Waals surface area contributed by atoms with Crippen LogP contribution < -0.4 is 5.32 Å². The second-order valence-electron chi connectivity index (χ2n) is 5.43. The van der Waals surface area contributed by atoms with Crippen LogP contribution in [0.25, 0.3) is 6.08 Å². The zero-order valence-electron chi connectivity index (χ0n) is 13.5. The minimum atomic E-state index is -0.429. The quantitative estimate of drug-likeness (QED) is 0.517. The fourth-order valence-corrected chi connectivity index (χ4v) is 3.13. The minimum absolute atomic E-state index is 0.0150. The van der Waals surface area contributed by atoms with Gasteiger partial charge in [-0.3, -0.25) is 19.9 Å². The van der Waals surface area contributed by atoms with Crippen molar-refractivity contribution in [2.24, 2.45) is 4.99 Å². The first-order valence-electron chi connectivity index (χ1n) is 7.39. The number of aliphatic imine (C=N–C) groups is 1. The Morgan fingerprint density at radius 2 is 2.00 bits per heavy atom. The number of carbonyl (C=O) groups is 1. The highest BCUT2D eigenvalue weighted by Crippen LogP contribution is 2.31. The standard InChI is InChI=1S/C17H14N4O3S/c1-10-7-13(9-14(11(10)2)21(23)24)19-17-20-16(22)15(25-17)8-12-3-5-18-6-4-12/h3-9H,1-2H3,(H,19,20,22)/b15-8-. The third-order valence-corrected chi connectivity index (χ3v) is 4.62. The lowest BCUT2D eigenvalue weighted by atomic mass is 10.1. The van der Waals surface area contributed by atoms with Gasteiger partial charge in [-0.25, -0.2) is 4.99 Å². The maximum absolute atomic E-state index is 12.1. The molecule has 0 radical (unpaired) electrons. The fourth-order valence-electron chi connectivity index (χ4n) is 2.29. The Morgan fingerprint density at radius 1 is 1.28 bits per heavy atom. The Bertz CT molecular complexity index is 923. The molecule has 2 heterocycles. The molecule has 1 fully saturated rings. The van der Waals surface area contributed by atoms with Crippen LogP contribution in [0.5, 0.6) is 0 Å². The number of nitro benzene ring substituents is 1. The highest BCUT2D eigenvalue weighted by Gasteiger charge is 2.24. The first-order chi connectivity index (χ1) is 11.9. The van der Waals surface area contributed by atoms with E-state index in [1.807, 2.05) is 0 Å². The summed E-state index contributed by atoms with van der Waals surface area (Å²) in [7, 11) is 0. The van der Waals surface area contributed by atoms with Gasteiger partial charge in [0.1, 0.15) is 0 Å². The monoisotopic (exact) mass is 354 g/mol. The predicted molar refractivity (Wildman–Crippen MR) is 97.6 cm³/mol. The number of thioether (sulfide) groups is 1. The van der Waals surface area contributed by atoms with Gasteiger partial charge in [0.05, 0.1) is 15.5 Å². The Kier molecular flexibility index (Phi) is 4.62. The van der Waals surface area contributed by atoms with E-state index in [4.69, 9.17) is 0 Å². The highest BCUT2D eigenvalue weighted by molar-refractivity contribution is 8.18. The van der Waals surface area contributed by atoms with E-state index in [-0.39, 0.29) is 11.6 Å². The van der Waals surface area contributed by atoms with Crippen molar-refractivity contribution >= 4 is 40.3 Å². The largest absolute Gasteiger partial charge is 0.300 e. The summed E-state index contributed by atoms with van der Waals surface area (Å²) in [6, 6.07) is 6.75. The van der Waals surface area contributed by atoms with Gasteiger partial charge < -0.3 is 5.32 Å². The maximum Gasteiger partial charge on any atom is 0.274 e. The molecule has 1 aliphatic rings. The number of aryl methyl sites for hydroxylation is 1. The number of benzene rings is 1. The van der Waals surface area contributed by atoms with E-state index in [1.165, 1.54) is 17.8 Å². The molecule has 1 N–H and O–H groups in total. The number of aromatic nitrogens is 1. The summed E-state index contributed by atoms with van der Waals surface area (Å²) in [5.41, 5.74) is 2.69. The predicted octanol–water partition coefficient (Wildman–Crippen LogP) is 3.50. The number of amides is 1. The molecule has 0 unspecified atom stereocenters. The summed E-state index contributed by atoms with van der Waals surface area (Å²) in [6.07, 6.45) is 5.04. The Balaban J connectivity index is 1.90. The number of nitrogens with one attached hydrogen (secondary N) is 1. The normalized spacial score (nSPS) is 17.1. The van der Waals surface area contributed by atoms with Gasteiger partial charge in [0.25, 0.3) is 11.6 Å². The number of nitro groups is 1. The summed E-state index contributed by atoms with van der Waals surface area (Å²) in [6.45, 7) is 3.49. The van der Waals surface area contributed by atoms with Crippen LogP contribution in [0.3, 0.4) is 0 Å². The number of hydrogen-bond acceptors (Lipinski definition) is 6. The van der Waals surface area contributed by atoms with Gasteiger partial charge in [0, 0.05) is 24.0 Å². The van der Waals surface area contributed by atoms with Crippen molar-refractivity contribution in [2.75, 3.05) is 0 Å². The molecule has 1 aromatic carbocycles. The molecular formula is C17H14N4O3S. The van der Waals surface area contributed by atoms with E-state index in [2.05, 4.69) is 15.3 Å². The molecule has 1 saturated heterocycles. The Labute approximate surface area is 148 Å². The third-order valence-electron chi connectivity index (χ3n) is 3.71. The van der Waals surface area contributed by atoms with E-state index in [0.29, 0.717) is 21.3 Å². The summed E-state index contributed by atoms with van der Waals surface area (Å²) in [5, 5.41) is 14.2. The third kappa shape index (κ3) is 3.74. The van der Waals surface area contributed by atoms with Crippen molar-refractivity contribution < 1.29 is 9.72 Å². The van der Waals surface area contributed by atoms with Gasteiger partial charge >= 0.3 is 0 Å². The molecule has 7 nitrogen and oxygen atoms in total. The number of pyridine rings is 1. The first kappa shape index (κ1) is 16.8. The number of nitrogens with zero attached hydrogens (tertiary/aromatic N) is 3. The summed E-state index contributed by atoms with van der Waals surface area (Å²) in [5.74, 6) is -0.251. The zero-order chi connectivity index (χ0) is 18.0. The summed E-state index contributed by atoms with van der Waals surface area (Å²) >= 11 is 1.19. The van der Waals surface area contributed by atoms with Crippen molar-refractivity contribution in [2.45, 2.75) is 13.8 Å². The lowest BCUT2D eigenvalue weighted by Crippen LogP contribution is -2.19. The van der Waals surface area contributed by atoms with Gasteiger partial charge in [-0.15, -0.1) is 0 Å². The first-order valence-corrected chi connectivity index (χ1v) is 8.21. The van der Waals surface area contributed by atoms with Crippen molar-refractivity contribution in [3.8, 4) is 0 Å². The molecule has 1 amide bonds. The van der Waals surface area contributed by atoms with Crippen molar-refractivity contribution in [1.82, 2.24) is 10.3 Å². The van der Waals surface area contributed by atoms with Crippen LogP contribution in [0, 0.1) is 24.0 Å². The molecule has 25 heavy (non-hydrogen) atoms. The highest BCUT2D eigenvalue weighted by atomic mass is 32.2. The molecule has 1 aliphatic heterocycles. The van der Waals surface area contributed by atoms with E-state index in [0.717, 1.165) is 11.1 Å². The minimum Gasteiger partial charge on any atom is -0.300 e. The maximum atomic E-state index is 12.1. The van der Waals surface area contributed by atoms with E-state index in [1.54, 1.807) is 50.5 Å². The van der Waals surface area contributed by atoms with E-state index < -0.39 is 4.92 Å². The molecule has 0 spiro atoms. The van der Waals surface area contributed by atoms with Gasteiger partial charge in [-0.05, 0) is 61.0 Å². The van der Waals surface area contributed by atoms with Crippen LogP contribution in [0.4, 0.5) is 11.4 Å². The topological polar surface area (TPSA) is 97.5 Å². The lowest BCUT2D eigenvalue weighted by molar-refractivity contribution is -0.385. The van der Waals surface area contributed by atoms with Crippen LogP contribution in [0.1, 0.15) is 16.7 Å². The second kappa shape index (κ2) is 6.86. The van der Waals surface area contributed by atoms with Crippen LogP contribution in [-0.2, 0) is 4.79 Å². The number of hydrogen-bond donors (Lipinski definition) is 1. The SMILES string of the molecule is Cc1cc(N=C2NC(=O)/C(=C/c3ccncc3)S2)cc([N+](=O)[O-])c1C. The fraction of sp³-hybridized carbons (Fsp3) is 0.118. The molecular weight excluding hydrogens is 340 g/mol. The molecule has 0 bridgehead atoms. The molecule has 126 valence electrons. The second-order valence-corrected chi connectivity index (χ2v) is 6.46. The smallest absolute Gasteiger partial charge is 0.274 e. The number of rotatable bonds is 3. The van der Waals surface area contributed by atoms with Crippen LogP contribution in [0.15, 0.2) is 46.6 Å². The number of carbonyl (C=O) groups excluding carboxylic acids is 1. The Hall–Kier alpha value is -3.00. The summed E-state index contributed by atoms with van der Waals surface area (Å²) in [4.78, 5) is 31.6. The molecule has 1 aromatic heterocycles. The molecule has 3 rings (SSSR count). The average Bonchev–Trinajstić information content (AvgIpc) is 2.90. The molecule has 8 heteroatoms. The van der Waals surface area contributed by atoms with Crippen molar-refractivity contribution in [1.29, 1.82) is 0 Å². The Morgan fingerprint density at radius 3 is 2.68 bits per heavy atom. The van der Waals surface area contributed by atoms with Crippen molar-refractivity contribution in [3.63, 3.8) is 0 Å². The molecule has 0 saturated carbocycles. The van der Waals surface area contributed by atoms with Gasteiger partial charge in [0.2, 0.25) is 0 Å². The number of amidine groups is 1. The average molecular weight is 354 g/mol. The van der Waals surface area contributed by atoms with Crippen LogP contribution >= 0.6 is 11.8 Å². The zero-order valence-corrected chi connectivity index (χ0v) is 14.3. The molecule has 0 aliphatic carbocycles. The van der Waals surface area contributed by atoms with E-state index >= 15 is 0 Å². The van der Waals surface area contributed by atoms with Crippen molar-refractivity contribution in [3.05, 3.63) is 68.4 Å². The molecule has 2 aromatic rings. The summed E-state index contributed by atoms with van der Waals surface area (Å²) < 4.78 is 0. The molecule has 0 atom stereocenters. The van der Waals surface area contributed by atoms with Gasteiger partial charge in [-0.2, -0.15) is 0 Å². The lowest BCUT2D eigenvalue weighted by Gasteiger charge is -2.04. The van der Waals surface area contributed by atoms with Crippen LogP contribution in [-0.4, -0.2) is 21.0 Å². The van der Waals surface area contributed by atoms with Gasteiger partial charge in [0.15, 0.2) is 5.17 Å². The van der Waals surface area contributed by atoms with Crippen LogP contribution in [0.2, 0.25) is 0 Å². The van der Waals surface area contributed by atoms with Gasteiger partial charge in [-0.1, -0.05) is 0 Å². The van der Waals surface area contributed by atoms with E-state index in [9.17, 15) is 14.9 Å².